The molecule has 0 bridgehead atoms. The van der Waals surface area contributed by atoms with E-state index in [9.17, 15) is 26.3 Å². The zero-order valence-electron chi connectivity index (χ0n) is 10.7. The molecule has 10 heteroatoms. The molecule has 1 saturated heterocycles. The first-order valence-electron chi connectivity index (χ1n) is 4.96. The standard InChI is InChI=1S/C6H14NO.C2H2F3NO.CHF3/c1-7(2,3)4-6-5-8-6;3-2(4,5)1(6)7;2-1(3)4/h6H,4-5H2,1-3H3;(H2,6,7);1H/q+1;;. The monoisotopic (exact) mass is 299 g/mol. The van der Waals surface area contributed by atoms with Crippen LogP contribution < -0.4 is 5.73 Å². The molecule has 1 fully saturated rings. The Bertz CT molecular complexity index is 258. The van der Waals surface area contributed by atoms with Crippen LogP contribution in [0.25, 0.3) is 0 Å². The number of epoxide rings is 1. The van der Waals surface area contributed by atoms with E-state index in [1.807, 2.05) is 0 Å². The smallest absolute Gasteiger partial charge is 0.367 e. The van der Waals surface area contributed by atoms with E-state index in [0.29, 0.717) is 6.10 Å². The van der Waals surface area contributed by atoms with E-state index >= 15 is 0 Å². The highest BCUT2D eigenvalue weighted by atomic mass is 19.4. The number of alkyl halides is 6. The number of nitrogens with zero attached hydrogens (tertiary/aromatic N) is 1. The van der Waals surface area contributed by atoms with Gasteiger partial charge in [-0.2, -0.15) is 26.3 Å². The van der Waals surface area contributed by atoms with Crippen LogP contribution in [0.15, 0.2) is 0 Å². The van der Waals surface area contributed by atoms with E-state index in [1.54, 1.807) is 0 Å². The summed E-state index contributed by atoms with van der Waals surface area (Å²) < 4.78 is 67.2. The molecule has 19 heavy (non-hydrogen) atoms. The Morgan fingerprint density at radius 2 is 1.58 bits per heavy atom. The van der Waals surface area contributed by atoms with Gasteiger partial charge in [-0.15, -0.1) is 0 Å². The lowest BCUT2D eigenvalue weighted by Crippen LogP contribution is -2.37. The Kier molecular flexibility index (Phi) is 8.76. The Labute approximate surface area is 106 Å². The molecule has 1 rings (SSSR count). The quantitative estimate of drug-likeness (QED) is 0.475. The average molecular weight is 299 g/mol. The van der Waals surface area contributed by atoms with Crippen LogP contribution in [0.1, 0.15) is 0 Å². The summed E-state index contributed by atoms with van der Waals surface area (Å²) in [6.07, 6.45) is -4.30. The molecular weight excluding hydrogens is 282 g/mol. The molecule has 1 aliphatic heterocycles. The molecule has 2 N–H and O–H groups in total. The Balaban J connectivity index is 0. The lowest BCUT2D eigenvalue weighted by Gasteiger charge is -2.22. The van der Waals surface area contributed by atoms with E-state index in [4.69, 9.17) is 9.53 Å². The van der Waals surface area contributed by atoms with Crippen LogP contribution in [-0.4, -0.2) is 63.6 Å². The summed E-state index contributed by atoms with van der Waals surface area (Å²) in [5.74, 6) is -2.26. The van der Waals surface area contributed by atoms with Crippen molar-refractivity contribution < 1.29 is 40.4 Å². The molecule has 0 radical (unpaired) electrons. The minimum Gasteiger partial charge on any atom is -0.367 e. The molecular formula is C9H17F6N2O2+. The van der Waals surface area contributed by atoms with Crippen LogP contribution in [-0.2, 0) is 9.53 Å². The van der Waals surface area contributed by atoms with Crippen molar-refractivity contribution in [2.45, 2.75) is 19.0 Å². The number of carbonyl (C=O) groups excluding carboxylic acids is 1. The van der Waals surface area contributed by atoms with Gasteiger partial charge < -0.3 is 15.0 Å². The number of halogens is 6. The second-order valence-corrected chi connectivity index (χ2v) is 4.54. The highest BCUT2D eigenvalue weighted by Gasteiger charge is 2.35. The lowest BCUT2D eigenvalue weighted by molar-refractivity contribution is -0.870. The molecule has 0 spiro atoms. The summed E-state index contributed by atoms with van der Waals surface area (Å²) in [6, 6.07) is 0. The minimum atomic E-state index is -4.86. The van der Waals surface area contributed by atoms with E-state index in [2.05, 4.69) is 26.9 Å². The number of amides is 1. The molecule has 0 aromatic heterocycles. The van der Waals surface area contributed by atoms with Gasteiger partial charge in [0.1, 0.15) is 12.6 Å². The molecule has 1 atom stereocenters. The molecule has 0 aromatic carbocycles. The number of hydrogen-bond acceptors (Lipinski definition) is 2. The fourth-order valence-corrected chi connectivity index (χ4v) is 0.784. The van der Waals surface area contributed by atoms with E-state index < -0.39 is 18.8 Å². The van der Waals surface area contributed by atoms with Crippen LogP contribution in [0, 0.1) is 0 Å². The largest absolute Gasteiger partial charge is 0.470 e. The molecule has 0 aliphatic carbocycles. The van der Waals surface area contributed by atoms with E-state index in [0.717, 1.165) is 17.6 Å². The van der Waals surface area contributed by atoms with Crippen LogP contribution in [0.3, 0.4) is 0 Å². The van der Waals surface area contributed by atoms with Gasteiger partial charge in [0.2, 0.25) is 0 Å². The number of rotatable bonds is 2. The number of nitrogens with two attached hydrogens (primary N) is 1. The third kappa shape index (κ3) is 22.6. The SMILES string of the molecule is C[N+](C)(C)CC1CO1.FC(F)F.NC(=O)C(F)(F)F. The molecule has 4 nitrogen and oxygen atoms in total. The maximum absolute atomic E-state index is 10.7. The fraction of sp³-hybridized carbons (Fsp3) is 0.889. The zero-order chi connectivity index (χ0) is 15.9. The van der Waals surface area contributed by atoms with Crippen LogP contribution >= 0.6 is 0 Å². The number of hydrogen-bond donors (Lipinski definition) is 1. The Hall–Kier alpha value is -1.03. The maximum atomic E-state index is 10.7. The number of likely N-dealkylation sites (N-methyl/N-ethyl adjacent to an activating group) is 1. The van der Waals surface area contributed by atoms with Gasteiger partial charge in [-0.1, -0.05) is 0 Å². The van der Waals surface area contributed by atoms with E-state index in [-0.39, 0.29) is 0 Å². The van der Waals surface area contributed by atoms with Crippen molar-refractivity contribution in [2.75, 3.05) is 34.3 Å². The first-order valence-corrected chi connectivity index (χ1v) is 4.96. The average Bonchev–Trinajstić information content (AvgIpc) is 2.82. The van der Waals surface area contributed by atoms with E-state index in [1.165, 1.54) is 0 Å². The molecule has 1 aliphatic rings. The second kappa shape index (κ2) is 8.20. The molecule has 1 heterocycles. The molecule has 0 saturated carbocycles. The number of carbonyl (C=O) groups is 1. The third-order valence-electron chi connectivity index (χ3n) is 1.43. The summed E-state index contributed by atoms with van der Waals surface area (Å²) in [6.45, 7) is -1.53. The molecule has 1 unspecified atom stereocenters. The van der Waals surface area contributed by atoms with Gasteiger partial charge in [0.15, 0.2) is 0 Å². The van der Waals surface area contributed by atoms with Crippen molar-refractivity contribution in [1.29, 1.82) is 0 Å². The normalized spacial score (nSPS) is 17.9. The maximum Gasteiger partial charge on any atom is 0.470 e. The highest BCUT2D eigenvalue weighted by Crippen LogP contribution is 2.12. The summed E-state index contributed by atoms with van der Waals surface area (Å²) in [5.41, 5.74) is 3.81. The van der Waals surface area contributed by atoms with Gasteiger partial charge in [-0.05, 0) is 0 Å². The predicted molar refractivity (Wildman–Crippen MR) is 55.0 cm³/mol. The highest BCUT2D eigenvalue weighted by molar-refractivity contribution is 5.79. The third-order valence-corrected chi connectivity index (χ3v) is 1.43. The van der Waals surface area contributed by atoms with Crippen LogP contribution in [0.2, 0.25) is 0 Å². The predicted octanol–water partition coefficient (Wildman–Crippen LogP) is 1.30. The summed E-state index contributed by atoms with van der Waals surface area (Å²) >= 11 is 0. The fourth-order valence-electron chi connectivity index (χ4n) is 0.784. The molecule has 1 amide bonds. The molecule has 0 aromatic rings. The topological polar surface area (TPSA) is 55.6 Å². The summed E-state index contributed by atoms with van der Waals surface area (Å²) in [7, 11) is 6.55. The van der Waals surface area contributed by atoms with Gasteiger partial charge in [-0.3, -0.25) is 4.79 Å². The Morgan fingerprint density at radius 3 is 1.63 bits per heavy atom. The van der Waals surface area contributed by atoms with Crippen molar-refractivity contribution in [3.63, 3.8) is 0 Å². The first-order chi connectivity index (χ1) is 8.25. The lowest BCUT2D eigenvalue weighted by atomic mass is 10.4. The van der Waals surface area contributed by atoms with Crippen molar-refractivity contribution in [3.05, 3.63) is 0 Å². The molecule has 116 valence electrons. The van der Waals surface area contributed by atoms with Crippen LogP contribution in [0.4, 0.5) is 26.3 Å². The van der Waals surface area contributed by atoms with Crippen molar-refractivity contribution in [1.82, 2.24) is 0 Å². The first kappa shape index (κ1) is 20.3. The Morgan fingerprint density at radius 1 is 1.32 bits per heavy atom. The van der Waals surface area contributed by atoms with Gasteiger partial charge in [0.05, 0.1) is 27.7 Å². The summed E-state index contributed by atoms with van der Waals surface area (Å²) in [5, 5.41) is 0. The van der Waals surface area contributed by atoms with Gasteiger partial charge >= 0.3 is 18.8 Å². The van der Waals surface area contributed by atoms with Crippen molar-refractivity contribution in [3.8, 4) is 0 Å². The van der Waals surface area contributed by atoms with Gasteiger partial charge in [-0.25, -0.2) is 0 Å². The van der Waals surface area contributed by atoms with Gasteiger partial charge in [0.25, 0.3) is 0 Å². The van der Waals surface area contributed by atoms with Gasteiger partial charge in [0, 0.05) is 0 Å². The summed E-state index contributed by atoms with van der Waals surface area (Å²) in [4.78, 5) is 9.12. The zero-order valence-corrected chi connectivity index (χ0v) is 10.7. The number of quaternary nitrogens is 1. The second-order valence-electron chi connectivity index (χ2n) is 4.54. The number of ether oxygens (including phenoxy) is 1. The number of primary amides is 1. The van der Waals surface area contributed by atoms with Crippen molar-refractivity contribution in [2.24, 2.45) is 5.73 Å². The van der Waals surface area contributed by atoms with Crippen molar-refractivity contribution >= 4 is 5.91 Å². The minimum absolute atomic E-state index is 0.565. The van der Waals surface area contributed by atoms with Crippen LogP contribution in [0.5, 0.6) is 0 Å².